The van der Waals surface area contributed by atoms with E-state index in [4.69, 9.17) is 4.74 Å². The molecule has 100 valence electrons. The molecule has 5 heteroatoms. The van der Waals surface area contributed by atoms with Crippen LogP contribution in [0.1, 0.15) is 26.2 Å². The van der Waals surface area contributed by atoms with Gasteiger partial charge in [0, 0.05) is 26.7 Å². The molecular formula is C12H24N2O3. The first kappa shape index (κ1) is 14.4. The highest BCUT2D eigenvalue weighted by Crippen LogP contribution is 2.22. The quantitative estimate of drug-likeness (QED) is 0.640. The van der Waals surface area contributed by atoms with Crippen molar-refractivity contribution in [3.8, 4) is 0 Å². The zero-order chi connectivity index (χ0) is 12.7. The third-order valence-electron chi connectivity index (χ3n) is 3.43. The fourth-order valence-corrected chi connectivity index (χ4v) is 2.33. The molecule has 0 bridgehead atoms. The number of nitrogens with one attached hydrogen (secondary N) is 1. The Morgan fingerprint density at radius 1 is 1.47 bits per heavy atom. The molecule has 17 heavy (non-hydrogen) atoms. The number of carbonyl (C=O) groups is 1. The molecule has 0 aromatic rings. The first-order valence-corrected chi connectivity index (χ1v) is 6.34. The van der Waals surface area contributed by atoms with E-state index in [2.05, 4.69) is 17.1 Å². The molecule has 0 amide bonds. The van der Waals surface area contributed by atoms with Crippen LogP contribution in [-0.4, -0.2) is 61.4 Å². The Kier molecular flexibility index (Phi) is 5.88. The van der Waals surface area contributed by atoms with Crippen LogP contribution >= 0.6 is 0 Å². The zero-order valence-electron chi connectivity index (χ0n) is 10.9. The van der Waals surface area contributed by atoms with Crippen LogP contribution in [0.4, 0.5) is 0 Å². The van der Waals surface area contributed by atoms with Crippen molar-refractivity contribution in [3.63, 3.8) is 0 Å². The molecule has 0 spiro atoms. The molecule has 1 heterocycles. The summed E-state index contributed by atoms with van der Waals surface area (Å²) in [6, 6.07) is 0. The van der Waals surface area contributed by atoms with Crippen molar-refractivity contribution in [2.45, 2.75) is 31.7 Å². The summed E-state index contributed by atoms with van der Waals surface area (Å²) in [6.45, 7) is 6.08. The molecule has 1 fully saturated rings. The van der Waals surface area contributed by atoms with Crippen LogP contribution in [-0.2, 0) is 9.53 Å². The molecule has 5 nitrogen and oxygen atoms in total. The topological polar surface area (TPSA) is 61.8 Å². The number of likely N-dealkylation sites (tertiary alicyclic amines) is 1. The van der Waals surface area contributed by atoms with Crippen molar-refractivity contribution in [2.75, 3.05) is 39.9 Å². The van der Waals surface area contributed by atoms with E-state index in [0.29, 0.717) is 26.0 Å². The number of aliphatic carboxylic acids is 1. The van der Waals surface area contributed by atoms with Crippen molar-refractivity contribution >= 4 is 5.97 Å². The molecule has 2 N–H and O–H groups in total. The number of nitrogens with zero attached hydrogens (tertiary/aromatic N) is 1. The predicted molar refractivity (Wildman–Crippen MR) is 66.2 cm³/mol. The number of hydrogen-bond acceptors (Lipinski definition) is 4. The highest BCUT2D eigenvalue weighted by Gasteiger charge is 2.40. The number of methoxy groups -OCH3 is 1. The van der Waals surface area contributed by atoms with Crippen LogP contribution in [0.3, 0.4) is 0 Å². The van der Waals surface area contributed by atoms with Gasteiger partial charge in [-0.05, 0) is 25.8 Å². The number of hydrogen-bond donors (Lipinski definition) is 2. The zero-order valence-corrected chi connectivity index (χ0v) is 10.9. The Hall–Kier alpha value is -0.650. The van der Waals surface area contributed by atoms with Crippen LogP contribution in [0.15, 0.2) is 0 Å². The van der Waals surface area contributed by atoms with Crippen LogP contribution in [0.25, 0.3) is 0 Å². The fourth-order valence-electron chi connectivity index (χ4n) is 2.33. The summed E-state index contributed by atoms with van der Waals surface area (Å²) >= 11 is 0. The second-order valence-corrected chi connectivity index (χ2v) is 4.65. The number of ether oxygens (including phenoxy) is 1. The summed E-state index contributed by atoms with van der Waals surface area (Å²) < 4.78 is 4.95. The van der Waals surface area contributed by atoms with Crippen molar-refractivity contribution in [1.82, 2.24) is 10.2 Å². The molecule has 1 saturated heterocycles. The Labute approximate surface area is 103 Å². The second kappa shape index (κ2) is 6.93. The fraction of sp³-hybridized carbons (Fsp3) is 0.917. The Balaban J connectivity index is 2.48. The molecule has 0 aromatic heterocycles. The molecule has 0 saturated carbocycles. The molecule has 0 unspecified atom stereocenters. The summed E-state index contributed by atoms with van der Waals surface area (Å²) in [7, 11) is 1.62. The second-order valence-electron chi connectivity index (χ2n) is 4.65. The van der Waals surface area contributed by atoms with Crippen molar-refractivity contribution in [3.05, 3.63) is 0 Å². The third kappa shape index (κ3) is 3.94. The van der Waals surface area contributed by atoms with Gasteiger partial charge in [0.1, 0.15) is 5.54 Å². The van der Waals surface area contributed by atoms with Crippen LogP contribution in [0, 0.1) is 0 Å². The van der Waals surface area contributed by atoms with Gasteiger partial charge in [0.15, 0.2) is 0 Å². The summed E-state index contributed by atoms with van der Waals surface area (Å²) in [6.07, 6.45) is 2.47. The SMILES string of the molecule is CCCN1CCC(NCCOC)(C(=O)O)CC1. The monoisotopic (exact) mass is 244 g/mol. The number of piperidine rings is 1. The van der Waals surface area contributed by atoms with Gasteiger partial charge in [0.25, 0.3) is 0 Å². The van der Waals surface area contributed by atoms with E-state index in [9.17, 15) is 9.90 Å². The Morgan fingerprint density at radius 3 is 2.59 bits per heavy atom. The van der Waals surface area contributed by atoms with Crippen LogP contribution < -0.4 is 5.32 Å². The van der Waals surface area contributed by atoms with Crippen molar-refractivity contribution in [2.24, 2.45) is 0 Å². The summed E-state index contributed by atoms with van der Waals surface area (Å²) in [5, 5.41) is 12.5. The minimum Gasteiger partial charge on any atom is -0.480 e. The van der Waals surface area contributed by atoms with Gasteiger partial charge in [-0.3, -0.25) is 10.1 Å². The normalized spacial score (nSPS) is 20.4. The van der Waals surface area contributed by atoms with Crippen molar-refractivity contribution < 1.29 is 14.6 Å². The molecule has 1 rings (SSSR count). The minimum absolute atomic E-state index is 0.549. The summed E-state index contributed by atoms with van der Waals surface area (Å²) in [5.74, 6) is -0.732. The van der Waals surface area contributed by atoms with E-state index in [1.165, 1.54) is 0 Å². The Bertz CT molecular complexity index is 238. The maximum Gasteiger partial charge on any atom is 0.323 e. The molecule has 1 aliphatic rings. The average Bonchev–Trinajstić information content (AvgIpc) is 2.32. The van der Waals surface area contributed by atoms with E-state index >= 15 is 0 Å². The van der Waals surface area contributed by atoms with Gasteiger partial charge in [-0.1, -0.05) is 6.92 Å². The molecule has 0 aromatic carbocycles. The van der Waals surface area contributed by atoms with Gasteiger partial charge in [0.2, 0.25) is 0 Å². The van der Waals surface area contributed by atoms with Crippen molar-refractivity contribution in [1.29, 1.82) is 0 Å². The maximum atomic E-state index is 11.4. The third-order valence-corrected chi connectivity index (χ3v) is 3.43. The van der Waals surface area contributed by atoms with Gasteiger partial charge in [-0.15, -0.1) is 0 Å². The molecular weight excluding hydrogens is 220 g/mol. The number of carboxylic acid groups (broad SMARTS) is 1. The maximum absolute atomic E-state index is 11.4. The standard InChI is InChI=1S/C12H24N2O3/c1-3-7-14-8-4-12(5-9-14,11(15)16)13-6-10-17-2/h13H,3-10H2,1-2H3,(H,15,16). The lowest BCUT2D eigenvalue weighted by Gasteiger charge is -2.39. The molecule has 0 atom stereocenters. The highest BCUT2D eigenvalue weighted by atomic mass is 16.5. The lowest BCUT2D eigenvalue weighted by molar-refractivity contribution is -0.147. The Morgan fingerprint density at radius 2 is 2.12 bits per heavy atom. The average molecular weight is 244 g/mol. The largest absolute Gasteiger partial charge is 0.480 e. The smallest absolute Gasteiger partial charge is 0.323 e. The lowest BCUT2D eigenvalue weighted by atomic mass is 9.87. The summed E-state index contributed by atoms with van der Waals surface area (Å²) in [5.41, 5.74) is -0.747. The first-order chi connectivity index (χ1) is 8.14. The van der Waals surface area contributed by atoms with Crippen LogP contribution in [0.5, 0.6) is 0 Å². The minimum atomic E-state index is -0.747. The van der Waals surface area contributed by atoms with Gasteiger partial charge in [-0.25, -0.2) is 0 Å². The number of rotatable bonds is 7. The van der Waals surface area contributed by atoms with E-state index in [0.717, 1.165) is 26.1 Å². The van der Waals surface area contributed by atoms with E-state index in [-0.39, 0.29) is 0 Å². The first-order valence-electron chi connectivity index (χ1n) is 6.34. The predicted octanol–water partition coefficient (Wildman–Crippen LogP) is 0.552. The summed E-state index contributed by atoms with van der Waals surface area (Å²) in [4.78, 5) is 13.7. The van der Waals surface area contributed by atoms with Gasteiger partial charge < -0.3 is 14.7 Å². The van der Waals surface area contributed by atoms with E-state index < -0.39 is 11.5 Å². The van der Waals surface area contributed by atoms with Gasteiger partial charge >= 0.3 is 5.97 Å². The molecule has 1 aliphatic heterocycles. The van der Waals surface area contributed by atoms with Gasteiger partial charge in [0.05, 0.1) is 6.61 Å². The van der Waals surface area contributed by atoms with Gasteiger partial charge in [-0.2, -0.15) is 0 Å². The van der Waals surface area contributed by atoms with E-state index in [1.54, 1.807) is 7.11 Å². The molecule has 0 aliphatic carbocycles. The lowest BCUT2D eigenvalue weighted by Crippen LogP contribution is -2.59. The van der Waals surface area contributed by atoms with E-state index in [1.807, 2.05) is 0 Å². The molecule has 0 radical (unpaired) electrons. The highest BCUT2D eigenvalue weighted by molar-refractivity contribution is 5.79. The number of carboxylic acids is 1. The van der Waals surface area contributed by atoms with Crippen LogP contribution in [0.2, 0.25) is 0 Å².